The number of nitrogens with zero attached hydrogens (tertiary/aromatic N) is 3. The molecule has 1 aromatic rings. The van der Waals surface area contributed by atoms with Crippen LogP contribution in [0.4, 0.5) is 5.82 Å². The zero-order valence-corrected chi connectivity index (χ0v) is 12.3. The van der Waals surface area contributed by atoms with Gasteiger partial charge in [-0.25, -0.2) is 9.97 Å². The molecule has 6 heteroatoms. The summed E-state index contributed by atoms with van der Waals surface area (Å²) in [6.07, 6.45) is 3.21. The second kappa shape index (κ2) is 6.54. The average molecular weight is 278 g/mol. The van der Waals surface area contributed by atoms with E-state index >= 15 is 0 Å². The molecule has 0 radical (unpaired) electrons. The van der Waals surface area contributed by atoms with Crippen LogP contribution in [0, 0.1) is 5.92 Å². The Hall–Kier alpha value is -1.85. The van der Waals surface area contributed by atoms with Crippen LogP contribution in [-0.2, 0) is 4.79 Å². The van der Waals surface area contributed by atoms with Gasteiger partial charge in [-0.2, -0.15) is 0 Å². The standard InChI is InChI=1S/C14H22N4O2/c1-10(2)17-14(19)11-4-6-18(7-5-11)12-8-13(20-3)16-9-15-12/h8-11H,4-7H2,1-3H3,(H,17,19). The van der Waals surface area contributed by atoms with E-state index in [2.05, 4.69) is 20.2 Å². The van der Waals surface area contributed by atoms with Gasteiger partial charge >= 0.3 is 0 Å². The predicted molar refractivity (Wildman–Crippen MR) is 76.8 cm³/mol. The second-order valence-corrected chi connectivity index (χ2v) is 5.34. The van der Waals surface area contributed by atoms with Gasteiger partial charge in [0.15, 0.2) is 0 Å². The molecule has 0 aliphatic carbocycles. The first-order valence-corrected chi connectivity index (χ1v) is 7.01. The van der Waals surface area contributed by atoms with Crippen LogP contribution in [0.2, 0.25) is 0 Å². The first-order chi connectivity index (χ1) is 9.60. The molecule has 1 aromatic heterocycles. The van der Waals surface area contributed by atoms with Gasteiger partial charge in [0.2, 0.25) is 11.8 Å². The molecule has 1 aliphatic rings. The second-order valence-electron chi connectivity index (χ2n) is 5.34. The molecule has 1 aliphatic heterocycles. The largest absolute Gasteiger partial charge is 0.481 e. The Morgan fingerprint density at radius 2 is 2.10 bits per heavy atom. The lowest BCUT2D eigenvalue weighted by Crippen LogP contribution is -2.42. The summed E-state index contributed by atoms with van der Waals surface area (Å²) in [6.45, 7) is 5.63. The number of nitrogens with one attached hydrogen (secondary N) is 1. The smallest absolute Gasteiger partial charge is 0.223 e. The van der Waals surface area contributed by atoms with E-state index < -0.39 is 0 Å². The van der Waals surface area contributed by atoms with E-state index in [1.165, 1.54) is 6.33 Å². The van der Waals surface area contributed by atoms with Crippen molar-refractivity contribution in [2.24, 2.45) is 5.92 Å². The minimum absolute atomic E-state index is 0.109. The molecule has 1 saturated heterocycles. The Morgan fingerprint density at radius 1 is 1.40 bits per heavy atom. The number of rotatable bonds is 4. The van der Waals surface area contributed by atoms with Crippen molar-refractivity contribution in [2.75, 3.05) is 25.1 Å². The van der Waals surface area contributed by atoms with Crippen LogP contribution in [0.5, 0.6) is 5.88 Å². The minimum atomic E-state index is 0.109. The lowest BCUT2D eigenvalue weighted by atomic mass is 9.95. The first kappa shape index (κ1) is 14.6. The highest BCUT2D eigenvalue weighted by Gasteiger charge is 2.26. The monoisotopic (exact) mass is 278 g/mol. The van der Waals surface area contributed by atoms with Crippen LogP contribution >= 0.6 is 0 Å². The number of hydrogen-bond acceptors (Lipinski definition) is 5. The van der Waals surface area contributed by atoms with Gasteiger partial charge in [0.1, 0.15) is 12.1 Å². The van der Waals surface area contributed by atoms with Crippen molar-refractivity contribution >= 4 is 11.7 Å². The number of carbonyl (C=O) groups is 1. The molecule has 110 valence electrons. The van der Waals surface area contributed by atoms with Crippen molar-refractivity contribution in [1.82, 2.24) is 15.3 Å². The van der Waals surface area contributed by atoms with Gasteiger partial charge in [0.25, 0.3) is 0 Å². The van der Waals surface area contributed by atoms with Gasteiger partial charge in [-0.15, -0.1) is 0 Å². The van der Waals surface area contributed by atoms with Crippen molar-refractivity contribution in [2.45, 2.75) is 32.7 Å². The van der Waals surface area contributed by atoms with Crippen molar-refractivity contribution in [3.63, 3.8) is 0 Å². The minimum Gasteiger partial charge on any atom is -0.481 e. The van der Waals surface area contributed by atoms with E-state index in [0.29, 0.717) is 5.88 Å². The van der Waals surface area contributed by atoms with Gasteiger partial charge in [-0.3, -0.25) is 4.79 Å². The van der Waals surface area contributed by atoms with Gasteiger partial charge in [-0.05, 0) is 26.7 Å². The fraction of sp³-hybridized carbons (Fsp3) is 0.643. The van der Waals surface area contributed by atoms with Crippen LogP contribution in [-0.4, -0.2) is 42.1 Å². The number of hydrogen-bond donors (Lipinski definition) is 1. The summed E-state index contributed by atoms with van der Waals surface area (Å²) >= 11 is 0. The fourth-order valence-electron chi connectivity index (χ4n) is 2.39. The Balaban J connectivity index is 1.92. The normalized spacial score (nSPS) is 16.3. The molecule has 0 atom stereocenters. The molecule has 2 rings (SSSR count). The lowest BCUT2D eigenvalue weighted by Gasteiger charge is -2.32. The summed E-state index contributed by atoms with van der Waals surface area (Å²) in [6, 6.07) is 2.03. The van der Waals surface area contributed by atoms with E-state index in [1.54, 1.807) is 7.11 Å². The molecule has 0 aromatic carbocycles. The summed E-state index contributed by atoms with van der Waals surface area (Å²) < 4.78 is 5.11. The van der Waals surface area contributed by atoms with E-state index in [-0.39, 0.29) is 17.9 Å². The number of amides is 1. The van der Waals surface area contributed by atoms with Gasteiger partial charge < -0.3 is 15.0 Å². The number of aromatic nitrogens is 2. The predicted octanol–water partition coefficient (Wildman–Crippen LogP) is 1.23. The van der Waals surface area contributed by atoms with Crippen molar-refractivity contribution in [3.05, 3.63) is 12.4 Å². The Labute approximate surface area is 119 Å². The third-order valence-corrected chi connectivity index (χ3v) is 3.46. The van der Waals surface area contributed by atoms with E-state index in [9.17, 15) is 4.79 Å². The molecule has 6 nitrogen and oxygen atoms in total. The van der Waals surface area contributed by atoms with E-state index in [1.807, 2.05) is 19.9 Å². The molecule has 0 saturated carbocycles. The van der Waals surface area contributed by atoms with Gasteiger partial charge in [0, 0.05) is 31.1 Å². The highest BCUT2D eigenvalue weighted by molar-refractivity contribution is 5.79. The molecular formula is C14H22N4O2. The quantitative estimate of drug-likeness (QED) is 0.897. The van der Waals surface area contributed by atoms with Crippen molar-refractivity contribution < 1.29 is 9.53 Å². The van der Waals surface area contributed by atoms with Gasteiger partial charge in [-0.1, -0.05) is 0 Å². The zero-order valence-electron chi connectivity index (χ0n) is 12.3. The third-order valence-electron chi connectivity index (χ3n) is 3.46. The Bertz CT molecular complexity index is 456. The maximum absolute atomic E-state index is 12.0. The number of anilines is 1. The van der Waals surface area contributed by atoms with Gasteiger partial charge in [0.05, 0.1) is 7.11 Å². The Kier molecular flexibility index (Phi) is 4.76. The molecule has 0 spiro atoms. The van der Waals surface area contributed by atoms with Crippen LogP contribution in [0.25, 0.3) is 0 Å². The summed E-state index contributed by atoms with van der Waals surface area (Å²) in [5.74, 6) is 1.70. The van der Waals surface area contributed by atoms with Crippen molar-refractivity contribution in [3.8, 4) is 5.88 Å². The summed E-state index contributed by atoms with van der Waals surface area (Å²) in [7, 11) is 1.59. The molecule has 1 N–H and O–H groups in total. The highest BCUT2D eigenvalue weighted by atomic mass is 16.5. The molecule has 2 heterocycles. The molecule has 1 amide bonds. The van der Waals surface area contributed by atoms with Crippen molar-refractivity contribution in [1.29, 1.82) is 0 Å². The summed E-state index contributed by atoms with van der Waals surface area (Å²) in [4.78, 5) is 22.4. The molecule has 20 heavy (non-hydrogen) atoms. The first-order valence-electron chi connectivity index (χ1n) is 7.01. The summed E-state index contributed by atoms with van der Waals surface area (Å²) in [5, 5.41) is 2.98. The maximum atomic E-state index is 12.0. The SMILES string of the molecule is COc1cc(N2CCC(C(=O)NC(C)C)CC2)ncn1. The van der Waals surface area contributed by atoms with Crippen LogP contribution < -0.4 is 15.0 Å². The fourth-order valence-corrected chi connectivity index (χ4v) is 2.39. The molecule has 0 unspecified atom stereocenters. The summed E-state index contributed by atoms with van der Waals surface area (Å²) in [5.41, 5.74) is 0. The topological polar surface area (TPSA) is 67.3 Å². The van der Waals surface area contributed by atoms with E-state index in [0.717, 1.165) is 31.7 Å². The number of piperidine rings is 1. The van der Waals surface area contributed by atoms with E-state index in [4.69, 9.17) is 4.74 Å². The molecular weight excluding hydrogens is 256 g/mol. The third kappa shape index (κ3) is 3.59. The van der Waals surface area contributed by atoms with Crippen LogP contribution in [0.1, 0.15) is 26.7 Å². The molecule has 1 fully saturated rings. The number of ether oxygens (including phenoxy) is 1. The Morgan fingerprint density at radius 3 is 2.70 bits per heavy atom. The molecule has 0 bridgehead atoms. The zero-order chi connectivity index (χ0) is 14.5. The average Bonchev–Trinajstić information content (AvgIpc) is 2.47. The lowest BCUT2D eigenvalue weighted by molar-refractivity contribution is -0.126. The maximum Gasteiger partial charge on any atom is 0.223 e. The number of methoxy groups -OCH3 is 1. The highest BCUT2D eigenvalue weighted by Crippen LogP contribution is 2.23. The number of carbonyl (C=O) groups excluding carboxylic acids is 1. The van der Waals surface area contributed by atoms with Crippen LogP contribution in [0.15, 0.2) is 12.4 Å². The van der Waals surface area contributed by atoms with Crippen LogP contribution in [0.3, 0.4) is 0 Å².